The predicted molar refractivity (Wildman–Crippen MR) is 63.8 cm³/mol. The zero-order valence-electron chi connectivity index (χ0n) is 9.70. The molecular weight excluding hydrogens is 226 g/mol. The van der Waals surface area contributed by atoms with E-state index in [-0.39, 0.29) is 11.4 Å². The molecule has 0 saturated heterocycles. The lowest BCUT2D eigenvalue weighted by Gasteiger charge is -2.07. The number of carbonyl (C=O) groups excluding carboxylic acids is 1. The summed E-state index contributed by atoms with van der Waals surface area (Å²) < 4.78 is 6.35. The molecule has 0 N–H and O–H groups in total. The van der Waals surface area contributed by atoms with Crippen LogP contribution in [0.1, 0.15) is 17.5 Å². The van der Waals surface area contributed by atoms with Crippen LogP contribution in [0.4, 0.5) is 0 Å². The minimum atomic E-state index is -0.447. The second kappa shape index (κ2) is 5.12. The van der Waals surface area contributed by atoms with Gasteiger partial charge in [0.1, 0.15) is 0 Å². The molecule has 0 aliphatic rings. The summed E-state index contributed by atoms with van der Waals surface area (Å²) in [6.45, 7) is 9.61. The van der Waals surface area contributed by atoms with Gasteiger partial charge in [-0.1, -0.05) is 17.9 Å². The van der Waals surface area contributed by atoms with Gasteiger partial charge in [-0.05, 0) is 20.8 Å². The zero-order chi connectivity index (χ0) is 12.3. The van der Waals surface area contributed by atoms with E-state index in [4.69, 9.17) is 4.74 Å². The molecule has 0 aliphatic heterocycles. The fraction of sp³-hybridized carbons (Fsp3) is 0.455. The Bertz CT molecular complexity index is 470. The van der Waals surface area contributed by atoms with E-state index in [1.54, 1.807) is 11.5 Å². The number of rotatable bonds is 4. The van der Waals surface area contributed by atoms with Crippen LogP contribution in [0, 0.1) is 13.8 Å². The van der Waals surface area contributed by atoms with Crippen LogP contribution in [0.3, 0.4) is 0 Å². The number of aryl methyl sites for hydroxylation is 1. The third-order valence-corrected chi connectivity index (χ3v) is 3.28. The molecule has 16 heavy (non-hydrogen) atoms. The Morgan fingerprint density at radius 1 is 1.50 bits per heavy atom. The first-order chi connectivity index (χ1) is 7.47. The summed E-state index contributed by atoms with van der Waals surface area (Å²) in [5.74, 6) is -0.447. The highest BCUT2D eigenvalue weighted by molar-refractivity contribution is 7.09. The molecule has 88 valence electrons. The minimum absolute atomic E-state index is 0.0690. The predicted octanol–water partition coefficient (Wildman–Crippen LogP) is 1.65. The first-order valence-corrected chi connectivity index (χ1v) is 5.80. The van der Waals surface area contributed by atoms with E-state index in [2.05, 4.69) is 6.58 Å². The van der Waals surface area contributed by atoms with Crippen LogP contribution >= 0.6 is 11.3 Å². The lowest BCUT2D eigenvalue weighted by atomic mass is 10.3. The van der Waals surface area contributed by atoms with Crippen molar-refractivity contribution in [3.05, 3.63) is 32.4 Å². The molecule has 1 aromatic rings. The number of esters is 1. The first kappa shape index (κ1) is 12.7. The summed E-state index contributed by atoms with van der Waals surface area (Å²) in [5, 5.41) is 0. The standard InChI is InChI=1S/C11H15NO3S/c1-5-15-10(13)7(2)6-12-8(3)9(4)16-11(12)14/h2,5-6H2,1,3-4H3. The van der Waals surface area contributed by atoms with Crippen LogP contribution in [0.5, 0.6) is 0 Å². The summed E-state index contributed by atoms with van der Waals surface area (Å²) in [7, 11) is 0. The van der Waals surface area contributed by atoms with Gasteiger partial charge in [-0.15, -0.1) is 0 Å². The van der Waals surface area contributed by atoms with Crippen LogP contribution < -0.4 is 4.87 Å². The van der Waals surface area contributed by atoms with Gasteiger partial charge in [-0.2, -0.15) is 0 Å². The average Bonchev–Trinajstić information content (AvgIpc) is 2.45. The number of hydrogen-bond donors (Lipinski definition) is 0. The molecule has 1 rings (SSSR count). The van der Waals surface area contributed by atoms with Gasteiger partial charge in [-0.25, -0.2) is 4.79 Å². The Hall–Kier alpha value is -1.36. The van der Waals surface area contributed by atoms with Gasteiger partial charge in [0.25, 0.3) is 0 Å². The van der Waals surface area contributed by atoms with Crippen LogP contribution in [0.15, 0.2) is 16.9 Å². The average molecular weight is 241 g/mol. The highest BCUT2D eigenvalue weighted by Gasteiger charge is 2.13. The summed E-state index contributed by atoms with van der Waals surface area (Å²) in [4.78, 5) is 23.8. The van der Waals surface area contributed by atoms with Crippen molar-refractivity contribution in [3.8, 4) is 0 Å². The molecule has 4 nitrogen and oxygen atoms in total. The van der Waals surface area contributed by atoms with E-state index in [1.165, 1.54) is 11.3 Å². The van der Waals surface area contributed by atoms with Crippen molar-refractivity contribution in [3.63, 3.8) is 0 Å². The van der Waals surface area contributed by atoms with E-state index in [0.29, 0.717) is 12.2 Å². The molecule has 0 aromatic carbocycles. The van der Waals surface area contributed by atoms with Crippen molar-refractivity contribution in [1.82, 2.24) is 4.57 Å². The van der Waals surface area contributed by atoms with Gasteiger partial charge in [0, 0.05) is 16.1 Å². The Balaban J connectivity index is 2.85. The van der Waals surface area contributed by atoms with E-state index in [1.807, 2.05) is 13.8 Å². The van der Waals surface area contributed by atoms with Crippen LogP contribution in [-0.4, -0.2) is 17.1 Å². The maximum absolute atomic E-state index is 11.6. The van der Waals surface area contributed by atoms with Crippen molar-refractivity contribution in [1.29, 1.82) is 0 Å². The third-order valence-electron chi connectivity index (χ3n) is 2.29. The Kier molecular flexibility index (Phi) is 4.06. The molecule has 1 aromatic heterocycles. The summed E-state index contributed by atoms with van der Waals surface area (Å²) in [6.07, 6.45) is 0. The largest absolute Gasteiger partial charge is 0.463 e. The fourth-order valence-corrected chi connectivity index (χ4v) is 2.09. The van der Waals surface area contributed by atoms with Crippen molar-refractivity contribution >= 4 is 17.3 Å². The molecule has 0 aliphatic carbocycles. The fourth-order valence-electron chi connectivity index (χ4n) is 1.26. The number of nitrogens with zero attached hydrogens (tertiary/aromatic N) is 1. The number of hydrogen-bond acceptors (Lipinski definition) is 4. The molecule has 0 radical (unpaired) electrons. The van der Waals surface area contributed by atoms with Crippen LogP contribution in [0.2, 0.25) is 0 Å². The van der Waals surface area contributed by atoms with Gasteiger partial charge in [-0.3, -0.25) is 9.36 Å². The Morgan fingerprint density at radius 2 is 2.12 bits per heavy atom. The SMILES string of the molecule is C=C(Cn1c(C)c(C)sc1=O)C(=O)OCC. The van der Waals surface area contributed by atoms with Gasteiger partial charge in [0.05, 0.1) is 13.2 Å². The monoisotopic (exact) mass is 241 g/mol. The molecule has 1 heterocycles. The molecule has 0 amide bonds. The highest BCUT2D eigenvalue weighted by atomic mass is 32.1. The number of aromatic nitrogens is 1. The summed E-state index contributed by atoms with van der Waals surface area (Å²) in [5.41, 5.74) is 1.17. The number of carbonyl (C=O) groups is 1. The minimum Gasteiger partial charge on any atom is -0.463 e. The van der Waals surface area contributed by atoms with E-state index < -0.39 is 5.97 Å². The maximum Gasteiger partial charge on any atom is 0.335 e. The van der Waals surface area contributed by atoms with Gasteiger partial charge < -0.3 is 4.74 Å². The van der Waals surface area contributed by atoms with Crippen molar-refractivity contribution < 1.29 is 9.53 Å². The van der Waals surface area contributed by atoms with E-state index in [9.17, 15) is 9.59 Å². The highest BCUT2D eigenvalue weighted by Crippen LogP contribution is 2.11. The molecule has 0 atom stereocenters. The quantitative estimate of drug-likeness (QED) is 0.595. The molecule has 0 bridgehead atoms. The molecule has 0 unspecified atom stereocenters. The molecule has 0 fully saturated rings. The van der Waals surface area contributed by atoms with Crippen molar-refractivity contribution in [2.45, 2.75) is 27.3 Å². The summed E-state index contributed by atoms with van der Waals surface area (Å²) in [6, 6.07) is 0. The zero-order valence-corrected chi connectivity index (χ0v) is 10.5. The Morgan fingerprint density at radius 3 is 2.56 bits per heavy atom. The number of thiazole rings is 1. The van der Waals surface area contributed by atoms with Crippen molar-refractivity contribution in [2.24, 2.45) is 0 Å². The Labute approximate surface area is 98.2 Å². The topological polar surface area (TPSA) is 48.3 Å². The first-order valence-electron chi connectivity index (χ1n) is 4.99. The summed E-state index contributed by atoms with van der Waals surface area (Å²) >= 11 is 1.18. The van der Waals surface area contributed by atoms with Gasteiger partial charge in [0.2, 0.25) is 0 Å². The van der Waals surface area contributed by atoms with Crippen LogP contribution in [-0.2, 0) is 16.1 Å². The molecule has 0 saturated carbocycles. The number of ether oxygens (including phenoxy) is 1. The van der Waals surface area contributed by atoms with E-state index in [0.717, 1.165) is 10.6 Å². The third kappa shape index (κ3) is 2.61. The second-order valence-corrected chi connectivity index (χ2v) is 4.59. The van der Waals surface area contributed by atoms with Gasteiger partial charge >= 0.3 is 10.8 Å². The van der Waals surface area contributed by atoms with Crippen molar-refractivity contribution in [2.75, 3.05) is 6.61 Å². The van der Waals surface area contributed by atoms with E-state index >= 15 is 0 Å². The van der Waals surface area contributed by atoms with Crippen LogP contribution in [0.25, 0.3) is 0 Å². The molecule has 0 spiro atoms. The smallest absolute Gasteiger partial charge is 0.335 e. The lowest BCUT2D eigenvalue weighted by Crippen LogP contribution is -2.20. The lowest BCUT2D eigenvalue weighted by molar-refractivity contribution is -0.138. The maximum atomic E-state index is 11.6. The molecular formula is C11H15NO3S. The molecule has 5 heteroatoms. The van der Waals surface area contributed by atoms with Gasteiger partial charge in [0.15, 0.2) is 0 Å². The second-order valence-electron chi connectivity index (χ2n) is 3.42. The normalized spacial score (nSPS) is 10.2.